The van der Waals surface area contributed by atoms with Gasteiger partial charge in [0.05, 0.1) is 0 Å². The molecular formula is C26H28ClN5O3S. The van der Waals surface area contributed by atoms with Crippen LogP contribution in [0.4, 0.5) is 5.00 Å². The van der Waals surface area contributed by atoms with Crippen LogP contribution in [-0.4, -0.2) is 44.8 Å². The Bertz CT molecular complexity index is 1240. The summed E-state index contributed by atoms with van der Waals surface area (Å²) in [5.41, 5.74) is 1.93. The molecule has 0 aliphatic carbocycles. The van der Waals surface area contributed by atoms with Gasteiger partial charge in [-0.05, 0) is 25.3 Å². The number of halogens is 1. The third-order valence-electron chi connectivity index (χ3n) is 6.42. The lowest BCUT2D eigenvalue weighted by atomic mass is 10.0. The molecule has 188 valence electrons. The highest BCUT2D eigenvalue weighted by atomic mass is 35.5. The quantitative estimate of drug-likeness (QED) is 0.444. The molecule has 2 N–H and O–H groups in total. The van der Waals surface area contributed by atoms with Crippen LogP contribution in [0.2, 0.25) is 5.02 Å². The second-order valence-corrected chi connectivity index (χ2v) is 9.93. The first-order valence-corrected chi connectivity index (χ1v) is 13.1. The zero-order chi connectivity index (χ0) is 25.7. The van der Waals surface area contributed by atoms with Crippen LogP contribution in [0.5, 0.6) is 0 Å². The fourth-order valence-electron chi connectivity index (χ4n) is 4.17. The van der Waals surface area contributed by atoms with Crippen LogP contribution in [0, 0.1) is 5.92 Å². The van der Waals surface area contributed by atoms with Crippen molar-refractivity contribution in [3.63, 3.8) is 0 Å². The number of carbonyl (C=O) groups excluding carboxylic acids is 3. The minimum absolute atomic E-state index is 0.237. The van der Waals surface area contributed by atoms with Gasteiger partial charge in [0.25, 0.3) is 5.91 Å². The van der Waals surface area contributed by atoms with E-state index in [2.05, 4.69) is 20.2 Å². The van der Waals surface area contributed by atoms with Crippen molar-refractivity contribution in [1.29, 1.82) is 0 Å². The predicted octanol–water partition coefficient (Wildman–Crippen LogP) is 4.69. The van der Waals surface area contributed by atoms with Gasteiger partial charge < -0.3 is 15.5 Å². The first-order valence-electron chi connectivity index (χ1n) is 11.9. The average molecular weight is 526 g/mol. The molecule has 0 spiro atoms. The number of nitrogens with one attached hydrogen (secondary N) is 2. The van der Waals surface area contributed by atoms with Crippen molar-refractivity contribution in [1.82, 2.24) is 19.8 Å². The summed E-state index contributed by atoms with van der Waals surface area (Å²) < 4.78 is 4.00. The lowest BCUT2D eigenvalue weighted by Crippen LogP contribution is -2.49. The van der Waals surface area contributed by atoms with Crippen molar-refractivity contribution in [2.24, 2.45) is 5.92 Å². The van der Waals surface area contributed by atoms with Crippen molar-refractivity contribution in [2.45, 2.75) is 45.2 Å². The van der Waals surface area contributed by atoms with Crippen LogP contribution in [0.3, 0.4) is 0 Å². The van der Waals surface area contributed by atoms with Crippen LogP contribution in [0.1, 0.15) is 44.7 Å². The Morgan fingerprint density at radius 3 is 2.58 bits per heavy atom. The molecule has 10 heteroatoms. The number of amides is 3. The molecule has 0 saturated carbocycles. The van der Waals surface area contributed by atoms with E-state index in [1.54, 1.807) is 24.3 Å². The minimum Gasteiger partial charge on any atom is -0.340 e. The van der Waals surface area contributed by atoms with Crippen LogP contribution in [0.25, 0.3) is 11.3 Å². The molecule has 1 aliphatic heterocycles. The number of carbonyl (C=O) groups is 3. The maximum Gasteiger partial charge on any atom is 0.250 e. The van der Waals surface area contributed by atoms with E-state index < -0.39 is 12.1 Å². The van der Waals surface area contributed by atoms with Gasteiger partial charge in [0, 0.05) is 40.1 Å². The number of anilines is 1. The van der Waals surface area contributed by atoms with E-state index in [0.29, 0.717) is 47.1 Å². The van der Waals surface area contributed by atoms with Crippen molar-refractivity contribution in [3.05, 3.63) is 65.2 Å². The summed E-state index contributed by atoms with van der Waals surface area (Å²) in [7, 11) is 0. The highest BCUT2D eigenvalue weighted by Gasteiger charge is 2.39. The summed E-state index contributed by atoms with van der Waals surface area (Å²) in [5, 5.41) is 10.9. The standard InChI is InChI=1S/C26H28ClN5O3S/c1-3-16(2)23(33)28-22(18-12-7-8-13-19(18)27)26(35)32-15-9-14-20(32)24(34)29-25-21(30-31-36-25)17-10-5-4-6-11-17/h4-8,10-13,16,20,22H,3,9,14-15H2,1-2H3,(H,28,33)(H,29,34)/t16-,20+,22+/m1/s1. The summed E-state index contributed by atoms with van der Waals surface area (Å²) in [5.74, 6) is -1.17. The topological polar surface area (TPSA) is 104 Å². The Kier molecular flexibility index (Phi) is 8.32. The molecule has 2 aromatic carbocycles. The predicted molar refractivity (Wildman–Crippen MR) is 141 cm³/mol. The highest BCUT2D eigenvalue weighted by Crippen LogP contribution is 2.31. The van der Waals surface area contributed by atoms with E-state index >= 15 is 0 Å². The Morgan fingerprint density at radius 2 is 1.86 bits per heavy atom. The molecule has 1 saturated heterocycles. The zero-order valence-corrected chi connectivity index (χ0v) is 21.7. The molecule has 8 nitrogen and oxygen atoms in total. The van der Waals surface area contributed by atoms with Gasteiger partial charge in [0.2, 0.25) is 11.8 Å². The molecule has 1 aromatic heterocycles. The molecule has 1 fully saturated rings. The van der Waals surface area contributed by atoms with Gasteiger partial charge in [-0.3, -0.25) is 14.4 Å². The summed E-state index contributed by atoms with van der Waals surface area (Å²) >= 11 is 7.51. The SMILES string of the molecule is CC[C@@H](C)C(=O)N[C@H](C(=O)N1CCC[C@H]1C(=O)Nc1snnc1-c1ccccc1)c1ccccc1Cl. The number of rotatable bonds is 8. The van der Waals surface area contributed by atoms with Gasteiger partial charge in [-0.25, -0.2) is 0 Å². The largest absolute Gasteiger partial charge is 0.340 e. The maximum atomic E-state index is 13.8. The van der Waals surface area contributed by atoms with E-state index in [9.17, 15) is 14.4 Å². The molecule has 0 radical (unpaired) electrons. The summed E-state index contributed by atoms with van der Waals surface area (Å²) in [6, 6.07) is 14.7. The van der Waals surface area contributed by atoms with Gasteiger partial charge in [-0.15, -0.1) is 5.10 Å². The molecule has 0 unspecified atom stereocenters. The summed E-state index contributed by atoms with van der Waals surface area (Å²) in [6.07, 6.45) is 1.82. The van der Waals surface area contributed by atoms with Crippen LogP contribution in [0.15, 0.2) is 54.6 Å². The van der Waals surface area contributed by atoms with Gasteiger partial charge >= 0.3 is 0 Å². The van der Waals surface area contributed by atoms with Crippen LogP contribution >= 0.6 is 23.1 Å². The summed E-state index contributed by atoms with van der Waals surface area (Å²) in [6.45, 7) is 4.13. The van der Waals surface area contributed by atoms with E-state index in [4.69, 9.17) is 11.6 Å². The third kappa shape index (κ3) is 5.57. The van der Waals surface area contributed by atoms with Crippen LogP contribution < -0.4 is 10.6 Å². The first-order chi connectivity index (χ1) is 17.4. The molecule has 0 bridgehead atoms. The second kappa shape index (κ2) is 11.6. The van der Waals surface area contributed by atoms with Crippen molar-refractivity contribution < 1.29 is 14.4 Å². The van der Waals surface area contributed by atoms with E-state index in [-0.39, 0.29) is 23.6 Å². The first kappa shape index (κ1) is 25.8. The fourth-order valence-corrected chi connectivity index (χ4v) is 5.01. The highest BCUT2D eigenvalue weighted by molar-refractivity contribution is 7.10. The Morgan fingerprint density at radius 1 is 1.14 bits per heavy atom. The molecule has 3 aromatic rings. The molecule has 3 atom stereocenters. The molecule has 1 aliphatic rings. The van der Waals surface area contributed by atoms with Crippen molar-refractivity contribution >= 4 is 45.9 Å². The molecule has 3 amide bonds. The van der Waals surface area contributed by atoms with Crippen molar-refractivity contribution in [2.75, 3.05) is 11.9 Å². The van der Waals surface area contributed by atoms with E-state index in [0.717, 1.165) is 17.1 Å². The average Bonchev–Trinajstić information content (AvgIpc) is 3.57. The molecular weight excluding hydrogens is 498 g/mol. The minimum atomic E-state index is -0.987. The Balaban J connectivity index is 1.56. The van der Waals surface area contributed by atoms with Gasteiger partial charge in [0.15, 0.2) is 0 Å². The second-order valence-electron chi connectivity index (χ2n) is 8.77. The van der Waals surface area contributed by atoms with E-state index in [1.165, 1.54) is 4.90 Å². The number of likely N-dealkylation sites (tertiary alicyclic amines) is 1. The van der Waals surface area contributed by atoms with Gasteiger partial charge in [0.1, 0.15) is 22.8 Å². The van der Waals surface area contributed by atoms with Crippen LogP contribution in [-0.2, 0) is 14.4 Å². The third-order valence-corrected chi connectivity index (χ3v) is 7.41. The maximum absolute atomic E-state index is 13.8. The van der Waals surface area contributed by atoms with Gasteiger partial charge in [-0.1, -0.05) is 78.5 Å². The number of hydrogen-bond acceptors (Lipinski definition) is 6. The molecule has 2 heterocycles. The zero-order valence-electron chi connectivity index (χ0n) is 20.1. The molecule has 4 rings (SSSR count). The number of benzene rings is 2. The lowest BCUT2D eigenvalue weighted by molar-refractivity contribution is -0.140. The number of hydrogen-bond donors (Lipinski definition) is 2. The monoisotopic (exact) mass is 525 g/mol. The van der Waals surface area contributed by atoms with Gasteiger partial charge in [-0.2, -0.15) is 0 Å². The fraction of sp³-hybridized carbons (Fsp3) is 0.346. The Hall–Kier alpha value is -3.30. The Labute approximate surface area is 219 Å². The number of aromatic nitrogens is 2. The number of nitrogens with zero attached hydrogens (tertiary/aromatic N) is 3. The smallest absolute Gasteiger partial charge is 0.250 e. The summed E-state index contributed by atoms with van der Waals surface area (Å²) in [4.78, 5) is 41.5. The van der Waals surface area contributed by atoms with E-state index in [1.807, 2.05) is 44.2 Å². The van der Waals surface area contributed by atoms with Crippen molar-refractivity contribution in [3.8, 4) is 11.3 Å². The molecule has 36 heavy (non-hydrogen) atoms. The normalized spacial score (nSPS) is 16.9. The lowest BCUT2D eigenvalue weighted by Gasteiger charge is -2.29.